The molecule has 21 heavy (non-hydrogen) atoms. The summed E-state index contributed by atoms with van der Waals surface area (Å²) < 4.78 is 1.09. The second-order valence-electron chi connectivity index (χ2n) is 4.69. The van der Waals surface area contributed by atoms with Crippen molar-refractivity contribution >= 4 is 49.3 Å². The first-order valence-electron chi connectivity index (χ1n) is 6.49. The van der Waals surface area contributed by atoms with E-state index in [1.54, 1.807) is 0 Å². The van der Waals surface area contributed by atoms with Crippen molar-refractivity contribution in [1.82, 2.24) is 9.97 Å². The molecule has 2 heterocycles. The topological polar surface area (TPSA) is 66.9 Å². The van der Waals surface area contributed by atoms with Crippen LogP contribution in [-0.2, 0) is 6.42 Å². The van der Waals surface area contributed by atoms with Crippen molar-refractivity contribution in [3.05, 3.63) is 44.7 Å². The van der Waals surface area contributed by atoms with Gasteiger partial charge in [0.25, 0.3) is 5.91 Å². The van der Waals surface area contributed by atoms with Crippen molar-refractivity contribution in [3.8, 4) is 0 Å². The fraction of sp³-hybridized carbons (Fsp3) is 0.214. The van der Waals surface area contributed by atoms with E-state index in [1.807, 2.05) is 18.2 Å². The van der Waals surface area contributed by atoms with Crippen molar-refractivity contribution in [2.75, 3.05) is 17.2 Å². The highest BCUT2D eigenvalue weighted by Gasteiger charge is 2.14. The molecule has 0 saturated heterocycles. The van der Waals surface area contributed by atoms with Crippen LogP contribution in [0, 0.1) is 0 Å². The first-order chi connectivity index (χ1) is 10.1. The molecule has 2 aromatic rings. The lowest BCUT2D eigenvalue weighted by Crippen LogP contribution is -2.16. The van der Waals surface area contributed by atoms with Crippen LogP contribution in [-0.4, -0.2) is 22.4 Å². The van der Waals surface area contributed by atoms with E-state index in [4.69, 9.17) is 0 Å². The maximum Gasteiger partial charge on any atom is 0.256 e. The number of hydrogen-bond acceptors (Lipinski definition) is 4. The SMILES string of the molecule is O=C(Nc1ncc(Br)nc1Br)c1ccc2c(c1)CCCN2. The Balaban J connectivity index is 1.82. The van der Waals surface area contributed by atoms with Gasteiger partial charge in [-0.1, -0.05) is 0 Å². The minimum Gasteiger partial charge on any atom is -0.385 e. The molecule has 7 heteroatoms. The predicted molar refractivity (Wildman–Crippen MR) is 88.6 cm³/mol. The molecule has 0 spiro atoms. The van der Waals surface area contributed by atoms with Crippen molar-refractivity contribution < 1.29 is 4.79 Å². The van der Waals surface area contributed by atoms with E-state index >= 15 is 0 Å². The van der Waals surface area contributed by atoms with Crippen LogP contribution >= 0.6 is 31.9 Å². The predicted octanol–water partition coefficient (Wildman–Crippen LogP) is 3.61. The Morgan fingerprint density at radius 1 is 1.33 bits per heavy atom. The largest absolute Gasteiger partial charge is 0.385 e. The second-order valence-corrected chi connectivity index (χ2v) is 6.25. The highest BCUT2D eigenvalue weighted by molar-refractivity contribution is 9.11. The summed E-state index contributed by atoms with van der Waals surface area (Å²) in [6.07, 6.45) is 3.62. The van der Waals surface area contributed by atoms with Crippen LogP contribution in [0.3, 0.4) is 0 Å². The smallest absolute Gasteiger partial charge is 0.256 e. The number of rotatable bonds is 2. The maximum absolute atomic E-state index is 12.3. The number of fused-ring (bicyclic) bond motifs is 1. The Morgan fingerprint density at radius 3 is 3.00 bits per heavy atom. The van der Waals surface area contributed by atoms with Gasteiger partial charge in [0.1, 0.15) is 9.21 Å². The lowest BCUT2D eigenvalue weighted by molar-refractivity contribution is 0.102. The molecule has 2 N–H and O–H groups in total. The first kappa shape index (κ1) is 14.5. The van der Waals surface area contributed by atoms with Gasteiger partial charge in [0.2, 0.25) is 0 Å². The molecule has 0 radical (unpaired) electrons. The molecule has 1 aromatic heterocycles. The average molecular weight is 412 g/mol. The summed E-state index contributed by atoms with van der Waals surface area (Å²) in [5, 5.41) is 6.09. The van der Waals surface area contributed by atoms with E-state index in [9.17, 15) is 4.79 Å². The van der Waals surface area contributed by atoms with Crippen molar-refractivity contribution in [3.63, 3.8) is 0 Å². The van der Waals surface area contributed by atoms with Crippen LogP contribution in [0.15, 0.2) is 33.6 Å². The molecule has 3 rings (SSSR count). The van der Waals surface area contributed by atoms with Crippen molar-refractivity contribution in [1.29, 1.82) is 0 Å². The zero-order chi connectivity index (χ0) is 14.8. The van der Waals surface area contributed by atoms with Gasteiger partial charge in [-0.2, -0.15) is 0 Å². The number of carbonyl (C=O) groups excluding carboxylic acids is 1. The van der Waals surface area contributed by atoms with Crippen molar-refractivity contribution in [2.24, 2.45) is 0 Å². The van der Waals surface area contributed by atoms with Gasteiger partial charge < -0.3 is 10.6 Å². The van der Waals surface area contributed by atoms with E-state index in [1.165, 1.54) is 11.8 Å². The number of aryl methyl sites for hydroxylation is 1. The van der Waals surface area contributed by atoms with Gasteiger partial charge in [0, 0.05) is 17.8 Å². The number of amides is 1. The van der Waals surface area contributed by atoms with Gasteiger partial charge in [-0.3, -0.25) is 4.79 Å². The standard InChI is InChI=1S/C14H12Br2N4O/c15-11-7-18-13(12(16)19-11)20-14(21)9-3-4-10-8(6-9)2-1-5-17-10/h3-4,6-7,17H,1-2,5H2,(H,18,20,21). The molecule has 1 aliphatic rings. The Hall–Kier alpha value is -1.47. The monoisotopic (exact) mass is 410 g/mol. The molecule has 1 aliphatic heterocycles. The first-order valence-corrected chi connectivity index (χ1v) is 8.08. The lowest BCUT2D eigenvalue weighted by atomic mass is 10.0. The number of carbonyl (C=O) groups is 1. The van der Waals surface area contributed by atoms with E-state index in [-0.39, 0.29) is 5.91 Å². The fourth-order valence-electron chi connectivity index (χ4n) is 2.23. The van der Waals surface area contributed by atoms with Crippen LogP contribution in [0.1, 0.15) is 22.3 Å². The summed E-state index contributed by atoms with van der Waals surface area (Å²) in [5.41, 5.74) is 2.91. The molecule has 0 atom stereocenters. The summed E-state index contributed by atoms with van der Waals surface area (Å²) >= 11 is 6.51. The van der Waals surface area contributed by atoms with E-state index in [0.717, 1.165) is 25.1 Å². The molecular formula is C14H12Br2N4O. The normalized spacial score (nSPS) is 13.2. The number of halogens is 2. The van der Waals surface area contributed by atoms with Gasteiger partial charge in [-0.05, 0) is 68.5 Å². The zero-order valence-corrected chi connectivity index (χ0v) is 14.2. The Kier molecular flexibility index (Phi) is 4.21. The molecule has 0 aliphatic carbocycles. The van der Waals surface area contributed by atoms with E-state index < -0.39 is 0 Å². The molecule has 1 amide bonds. The number of aromatic nitrogens is 2. The summed E-state index contributed by atoms with van der Waals surface area (Å²) in [6, 6.07) is 5.69. The number of anilines is 2. The van der Waals surface area contributed by atoms with Crippen LogP contribution in [0.2, 0.25) is 0 Å². The zero-order valence-electron chi connectivity index (χ0n) is 11.0. The van der Waals surface area contributed by atoms with Gasteiger partial charge in [-0.25, -0.2) is 9.97 Å². The van der Waals surface area contributed by atoms with Gasteiger partial charge in [-0.15, -0.1) is 0 Å². The highest BCUT2D eigenvalue weighted by Crippen LogP contribution is 2.24. The number of nitrogens with zero attached hydrogens (tertiary/aromatic N) is 2. The number of benzene rings is 1. The summed E-state index contributed by atoms with van der Waals surface area (Å²) in [6.45, 7) is 0.986. The second kappa shape index (κ2) is 6.11. The summed E-state index contributed by atoms with van der Waals surface area (Å²) in [4.78, 5) is 20.6. The quantitative estimate of drug-likeness (QED) is 0.791. The number of hydrogen-bond donors (Lipinski definition) is 2. The van der Waals surface area contributed by atoms with Crippen LogP contribution in [0.4, 0.5) is 11.5 Å². The van der Waals surface area contributed by atoms with E-state index in [2.05, 4.69) is 52.5 Å². The molecule has 0 fully saturated rings. The highest BCUT2D eigenvalue weighted by atomic mass is 79.9. The summed E-state index contributed by atoms with van der Waals surface area (Å²) in [5.74, 6) is 0.208. The third-order valence-corrected chi connectivity index (χ3v) is 4.17. The molecule has 0 bridgehead atoms. The minimum absolute atomic E-state index is 0.194. The molecule has 5 nitrogen and oxygen atoms in total. The Labute approximate surface area is 138 Å². The molecule has 0 saturated carbocycles. The molecule has 108 valence electrons. The Bertz CT molecular complexity index is 705. The molecule has 1 aromatic carbocycles. The van der Waals surface area contributed by atoms with Gasteiger partial charge in [0.15, 0.2) is 5.82 Å². The summed E-state index contributed by atoms with van der Waals surface area (Å²) in [7, 11) is 0. The third kappa shape index (κ3) is 3.24. The van der Waals surface area contributed by atoms with Crippen LogP contribution in [0.5, 0.6) is 0 Å². The molecular weight excluding hydrogens is 400 g/mol. The van der Waals surface area contributed by atoms with Crippen LogP contribution in [0.25, 0.3) is 0 Å². The third-order valence-electron chi connectivity index (χ3n) is 3.24. The fourth-order valence-corrected chi connectivity index (χ4v) is 3.14. The lowest BCUT2D eigenvalue weighted by Gasteiger charge is -2.18. The molecule has 0 unspecified atom stereocenters. The van der Waals surface area contributed by atoms with Gasteiger partial charge in [0.05, 0.1) is 6.20 Å². The van der Waals surface area contributed by atoms with Crippen molar-refractivity contribution in [2.45, 2.75) is 12.8 Å². The van der Waals surface area contributed by atoms with Crippen LogP contribution < -0.4 is 10.6 Å². The number of nitrogens with one attached hydrogen (secondary N) is 2. The average Bonchev–Trinajstić information content (AvgIpc) is 2.49. The minimum atomic E-state index is -0.194. The Morgan fingerprint density at radius 2 is 2.19 bits per heavy atom. The van der Waals surface area contributed by atoms with E-state index in [0.29, 0.717) is 20.6 Å². The van der Waals surface area contributed by atoms with Gasteiger partial charge >= 0.3 is 0 Å². The maximum atomic E-state index is 12.3.